The second-order valence-corrected chi connectivity index (χ2v) is 4.23. The van der Waals surface area contributed by atoms with Gasteiger partial charge in [-0.1, -0.05) is 12.1 Å². The van der Waals surface area contributed by atoms with E-state index in [9.17, 15) is 4.79 Å². The van der Waals surface area contributed by atoms with Crippen LogP contribution in [0.1, 0.15) is 16.1 Å². The van der Waals surface area contributed by atoms with Gasteiger partial charge in [-0.05, 0) is 12.1 Å². The van der Waals surface area contributed by atoms with Crippen molar-refractivity contribution < 1.29 is 4.79 Å². The second kappa shape index (κ2) is 4.90. The molecule has 0 spiro atoms. The number of carbonyl (C=O) groups excluding carboxylic acids is 1. The Balaban J connectivity index is 2.20. The van der Waals surface area contributed by atoms with Gasteiger partial charge >= 0.3 is 0 Å². The number of anilines is 1. The lowest BCUT2D eigenvalue weighted by Gasteiger charge is -2.19. The van der Waals surface area contributed by atoms with Gasteiger partial charge < -0.3 is 4.90 Å². The molecule has 0 aliphatic heterocycles. The molecule has 2 aromatic rings. The molecule has 82 valence electrons. The third-order valence-electron chi connectivity index (χ3n) is 2.36. The first kappa shape index (κ1) is 10.8. The molecule has 0 bridgehead atoms. The summed E-state index contributed by atoms with van der Waals surface area (Å²) in [7, 11) is 1.96. The molecule has 0 unspecified atom stereocenters. The van der Waals surface area contributed by atoms with Crippen LogP contribution in [0.3, 0.4) is 0 Å². The lowest BCUT2D eigenvalue weighted by atomic mass is 10.2. The number of hydrogen-bond acceptors (Lipinski definition) is 4. The van der Waals surface area contributed by atoms with Gasteiger partial charge in [-0.3, -0.25) is 4.79 Å². The van der Waals surface area contributed by atoms with Crippen molar-refractivity contribution in [3.8, 4) is 0 Å². The molecule has 0 N–H and O–H groups in total. The summed E-state index contributed by atoms with van der Waals surface area (Å²) in [5.74, 6) is 0. The van der Waals surface area contributed by atoms with Gasteiger partial charge in [0, 0.05) is 23.7 Å². The quantitative estimate of drug-likeness (QED) is 0.760. The third-order valence-corrected chi connectivity index (χ3v) is 2.99. The summed E-state index contributed by atoms with van der Waals surface area (Å²) in [6, 6.07) is 7.56. The van der Waals surface area contributed by atoms with Crippen LogP contribution in [-0.4, -0.2) is 18.3 Å². The molecule has 16 heavy (non-hydrogen) atoms. The molecule has 2 rings (SSSR count). The molecule has 1 aromatic heterocycles. The molecular formula is C12H12N2OS. The zero-order valence-corrected chi connectivity index (χ0v) is 9.78. The van der Waals surface area contributed by atoms with Crippen LogP contribution < -0.4 is 4.90 Å². The second-order valence-electron chi connectivity index (χ2n) is 3.51. The van der Waals surface area contributed by atoms with Crippen LogP contribution in [0.2, 0.25) is 0 Å². The third kappa shape index (κ3) is 2.28. The van der Waals surface area contributed by atoms with Gasteiger partial charge in [0.1, 0.15) is 0 Å². The van der Waals surface area contributed by atoms with E-state index in [0.717, 1.165) is 17.7 Å². The molecule has 0 amide bonds. The molecule has 0 saturated heterocycles. The Kier molecular flexibility index (Phi) is 3.31. The summed E-state index contributed by atoms with van der Waals surface area (Å²) >= 11 is 1.58. The first-order chi connectivity index (χ1) is 7.81. The van der Waals surface area contributed by atoms with Crippen molar-refractivity contribution >= 4 is 23.3 Å². The van der Waals surface area contributed by atoms with Crippen LogP contribution in [0.5, 0.6) is 0 Å². The summed E-state index contributed by atoms with van der Waals surface area (Å²) in [5, 5.41) is 2.01. The van der Waals surface area contributed by atoms with Gasteiger partial charge in [0.2, 0.25) is 0 Å². The average molecular weight is 232 g/mol. The molecule has 0 atom stereocenters. The fourth-order valence-corrected chi connectivity index (χ4v) is 2.13. The van der Waals surface area contributed by atoms with Crippen LogP contribution in [0.15, 0.2) is 35.2 Å². The van der Waals surface area contributed by atoms with Gasteiger partial charge in [-0.2, -0.15) is 0 Å². The predicted octanol–water partition coefficient (Wildman–Crippen LogP) is 2.59. The van der Waals surface area contributed by atoms with Crippen LogP contribution in [0, 0.1) is 0 Å². The summed E-state index contributed by atoms with van der Waals surface area (Å²) in [5.41, 5.74) is 4.48. The van der Waals surface area contributed by atoms with Crippen molar-refractivity contribution in [3.63, 3.8) is 0 Å². The fourth-order valence-electron chi connectivity index (χ4n) is 1.58. The summed E-state index contributed by atoms with van der Waals surface area (Å²) < 4.78 is 0. The van der Waals surface area contributed by atoms with Crippen molar-refractivity contribution in [1.82, 2.24) is 4.98 Å². The lowest BCUT2D eigenvalue weighted by molar-refractivity contribution is 0.112. The largest absolute Gasteiger partial charge is 0.368 e. The zero-order valence-electron chi connectivity index (χ0n) is 8.96. The van der Waals surface area contributed by atoms with E-state index >= 15 is 0 Å². The number of nitrogens with zero attached hydrogens (tertiary/aromatic N) is 2. The molecule has 1 heterocycles. The maximum atomic E-state index is 10.9. The Morgan fingerprint density at radius 3 is 2.94 bits per heavy atom. The number of rotatable bonds is 4. The smallest absolute Gasteiger partial charge is 0.152 e. The number of thiazole rings is 1. The van der Waals surface area contributed by atoms with Crippen molar-refractivity contribution in [2.75, 3.05) is 11.9 Å². The minimum absolute atomic E-state index is 0.709. The standard InChI is InChI=1S/C12H12N2OS/c1-14(6-11-8-16-9-13-11)12-5-3-2-4-10(12)7-15/h2-5,7-9H,6H2,1H3. The van der Waals surface area contributed by atoms with Crippen LogP contribution >= 0.6 is 11.3 Å². The molecular weight excluding hydrogens is 220 g/mol. The normalized spacial score (nSPS) is 10.1. The Labute approximate surface area is 98.4 Å². The highest BCUT2D eigenvalue weighted by Crippen LogP contribution is 2.19. The molecule has 0 aliphatic carbocycles. The fraction of sp³-hybridized carbons (Fsp3) is 0.167. The Morgan fingerprint density at radius 1 is 1.44 bits per heavy atom. The minimum atomic E-state index is 0.709. The molecule has 4 heteroatoms. The molecule has 0 saturated carbocycles. The summed E-state index contributed by atoms with van der Waals surface area (Å²) in [6.07, 6.45) is 0.882. The minimum Gasteiger partial charge on any atom is -0.368 e. The van der Waals surface area contributed by atoms with E-state index in [-0.39, 0.29) is 0 Å². The number of para-hydroxylation sites is 1. The van der Waals surface area contributed by atoms with Crippen LogP contribution in [-0.2, 0) is 6.54 Å². The number of hydrogen-bond donors (Lipinski definition) is 0. The van der Waals surface area contributed by atoms with E-state index in [2.05, 4.69) is 4.98 Å². The van der Waals surface area contributed by atoms with Gasteiger partial charge in [0.25, 0.3) is 0 Å². The summed E-state index contributed by atoms with van der Waals surface area (Å²) in [4.78, 5) is 17.1. The van der Waals surface area contributed by atoms with Crippen molar-refractivity contribution in [2.24, 2.45) is 0 Å². The Morgan fingerprint density at radius 2 is 2.25 bits per heavy atom. The summed E-state index contributed by atoms with van der Waals surface area (Å²) in [6.45, 7) is 0.717. The van der Waals surface area contributed by atoms with Gasteiger partial charge in [-0.15, -0.1) is 11.3 Å². The highest BCUT2D eigenvalue weighted by Gasteiger charge is 2.07. The average Bonchev–Trinajstić information content (AvgIpc) is 2.81. The Hall–Kier alpha value is -1.68. The van der Waals surface area contributed by atoms with E-state index in [4.69, 9.17) is 0 Å². The van der Waals surface area contributed by atoms with Gasteiger partial charge in [0.05, 0.1) is 17.7 Å². The van der Waals surface area contributed by atoms with Crippen LogP contribution in [0.25, 0.3) is 0 Å². The number of aromatic nitrogens is 1. The lowest BCUT2D eigenvalue weighted by Crippen LogP contribution is -2.18. The number of benzene rings is 1. The molecule has 1 aromatic carbocycles. The molecule has 3 nitrogen and oxygen atoms in total. The van der Waals surface area contributed by atoms with E-state index in [1.54, 1.807) is 11.3 Å². The SMILES string of the molecule is CN(Cc1cscn1)c1ccccc1C=O. The van der Waals surface area contributed by atoms with Crippen molar-refractivity contribution in [1.29, 1.82) is 0 Å². The molecule has 0 radical (unpaired) electrons. The van der Waals surface area contributed by atoms with E-state index in [1.165, 1.54) is 0 Å². The Bertz CT molecular complexity index is 468. The first-order valence-electron chi connectivity index (χ1n) is 4.93. The predicted molar refractivity (Wildman–Crippen MR) is 66.1 cm³/mol. The maximum absolute atomic E-state index is 10.9. The topological polar surface area (TPSA) is 33.2 Å². The van der Waals surface area contributed by atoms with E-state index in [1.807, 2.05) is 47.1 Å². The maximum Gasteiger partial charge on any atom is 0.152 e. The highest BCUT2D eigenvalue weighted by molar-refractivity contribution is 7.07. The zero-order chi connectivity index (χ0) is 11.4. The number of carbonyl (C=O) groups is 1. The molecule has 0 fully saturated rings. The van der Waals surface area contributed by atoms with Crippen molar-refractivity contribution in [2.45, 2.75) is 6.54 Å². The van der Waals surface area contributed by atoms with Crippen molar-refractivity contribution in [3.05, 3.63) is 46.4 Å². The highest BCUT2D eigenvalue weighted by atomic mass is 32.1. The number of aldehydes is 1. The van der Waals surface area contributed by atoms with E-state index < -0.39 is 0 Å². The van der Waals surface area contributed by atoms with Crippen LogP contribution in [0.4, 0.5) is 5.69 Å². The first-order valence-corrected chi connectivity index (χ1v) is 5.88. The van der Waals surface area contributed by atoms with Gasteiger partial charge in [0.15, 0.2) is 6.29 Å². The molecule has 0 aliphatic rings. The van der Waals surface area contributed by atoms with E-state index in [0.29, 0.717) is 12.1 Å². The monoisotopic (exact) mass is 232 g/mol. The van der Waals surface area contributed by atoms with Gasteiger partial charge in [-0.25, -0.2) is 4.98 Å².